The molecule has 1 aromatic rings. The van der Waals surface area contributed by atoms with E-state index in [0.717, 1.165) is 6.29 Å². The summed E-state index contributed by atoms with van der Waals surface area (Å²) >= 11 is 0. The molecule has 80 valence electrons. The van der Waals surface area contributed by atoms with Gasteiger partial charge >= 0.3 is 5.69 Å². The lowest BCUT2D eigenvalue weighted by Crippen LogP contribution is -2.27. The first-order valence-corrected chi connectivity index (χ1v) is 4.87. The van der Waals surface area contributed by atoms with Crippen molar-refractivity contribution in [2.24, 2.45) is 0 Å². The number of hydrogen-bond donors (Lipinski definition) is 0. The zero-order valence-corrected chi connectivity index (χ0v) is 8.42. The Bertz CT molecular complexity index is 427. The van der Waals surface area contributed by atoms with Crippen LogP contribution in [0.4, 0.5) is 0 Å². The summed E-state index contributed by atoms with van der Waals surface area (Å²) in [6, 6.07) is 1.75. The molecule has 2 atom stereocenters. The van der Waals surface area contributed by atoms with Gasteiger partial charge in [-0.2, -0.15) is 4.98 Å². The summed E-state index contributed by atoms with van der Waals surface area (Å²) in [4.78, 5) is 25.8. The van der Waals surface area contributed by atoms with Gasteiger partial charge in [0.05, 0.1) is 0 Å². The van der Waals surface area contributed by atoms with Crippen LogP contribution in [0.15, 0.2) is 17.1 Å². The van der Waals surface area contributed by atoms with Gasteiger partial charge in [0.1, 0.15) is 18.6 Å². The van der Waals surface area contributed by atoms with Crippen molar-refractivity contribution in [1.82, 2.24) is 9.55 Å². The van der Waals surface area contributed by atoms with Gasteiger partial charge in [0.15, 0.2) is 0 Å². The van der Waals surface area contributed by atoms with E-state index in [-0.39, 0.29) is 18.0 Å². The number of rotatable bonds is 2. The van der Waals surface area contributed by atoms with Crippen molar-refractivity contribution in [2.75, 3.05) is 0 Å². The molecule has 1 aliphatic rings. The molecule has 2 heterocycles. The third-order valence-corrected chi connectivity index (χ3v) is 2.46. The Hall–Kier alpha value is -1.49. The van der Waals surface area contributed by atoms with Gasteiger partial charge in [0, 0.05) is 11.9 Å². The van der Waals surface area contributed by atoms with E-state index in [1.165, 1.54) is 4.57 Å². The van der Waals surface area contributed by atoms with Crippen LogP contribution in [-0.4, -0.2) is 21.9 Å². The zero-order chi connectivity index (χ0) is 10.8. The number of aldehydes is 1. The topological polar surface area (TPSA) is 61.2 Å². The summed E-state index contributed by atoms with van der Waals surface area (Å²) in [5, 5.41) is 0. The number of hydrogen-bond acceptors (Lipinski definition) is 4. The molecule has 0 N–H and O–H groups in total. The average Bonchev–Trinajstić information content (AvgIpc) is 2.66. The normalized spacial score (nSPS) is 25.4. The number of carbonyl (C=O) groups is 1. The van der Waals surface area contributed by atoms with E-state index >= 15 is 0 Å². The molecule has 1 aliphatic heterocycles. The molecule has 15 heavy (non-hydrogen) atoms. The van der Waals surface area contributed by atoms with Gasteiger partial charge < -0.3 is 9.53 Å². The van der Waals surface area contributed by atoms with Crippen LogP contribution in [0.25, 0.3) is 0 Å². The Balaban J connectivity index is 2.24. The summed E-state index contributed by atoms with van der Waals surface area (Å²) in [5.74, 6) is 0. The van der Waals surface area contributed by atoms with E-state index in [1.807, 2.05) is 0 Å². The number of carbonyl (C=O) groups excluding carboxylic acids is 1. The van der Waals surface area contributed by atoms with Crippen molar-refractivity contribution in [2.45, 2.75) is 32.1 Å². The molecule has 0 amide bonds. The summed E-state index contributed by atoms with van der Waals surface area (Å²) in [6.45, 7) is 1.76. The second kappa shape index (κ2) is 3.94. The molecule has 0 radical (unpaired) electrons. The average molecular weight is 208 g/mol. The molecule has 0 bridgehead atoms. The lowest BCUT2D eigenvalue weighted by atomic mass is 10.2. The molecule has 0 aromatic carbocycles. The van der Waals surface area contributed by atoms with E-state index in [9.17, 15) is 9.59 Å². The molecule has 0 aliphatic carbocycles. The fourth-order valence-corrected chi connectivity index (χ4v) is 1.67. The fraction of sp³-hybridized carbons (Fsp3) is 0.500. The number of nitrogens with zero attached hydrogens (tertiary/aromatic N) is 2. The van der Waals surface area contributed by atoms with Crippen LogP contribution in [0.2, 0.25) is 0 Å². The van der Waals surface area contributed by atoms with E-state index in [0.29, 0.717) is 18.5 Å². The van der Waals surface area contributed by atoms with E-state index in [2.05, 4.69) is 4.98 Å². The monoisotopic (exact) mass is 208 g/mol. The van der Waals surface area contributed by atoms with Crippen molar-refractivity contribution in [3.63, 3.8) is 0 Å². The van der Waals surface area contributed by atoms with E-state index < -0.39 is 0 Å². The molecule has 1 saturated heterocycles. The molecule has 2 unspecified atom stereocenters. The van der Waals surface area contributed by atoms with Crippen LogP contribution in [0.3, 0.4) is 0 Å². The van der Waals surface area contributed by atoms with Crippen LogP contribution < -0.4 is 5.69 Å². The van der Waals surface area contributed by atoms with Crippen molar-refractivity contribution >= 4 is 6.29 Å². The molecule has 2 rings (SSSR count). The summed E-state index contributed by atoms with van der Waals surface area (Å²) in [7, 11) is 0. The Labute approximate surface area is 86.7 Å². The maximum Gasteiger partial charge on any atom is 0.349 e. The second-order valence-electron chi connectivity index (χ2n) is 3.60. The number of aryl methyl sites for hydroxylation is 1. The Morgan fingerprint density at radius 1 is 1.60 bits per heavy atom. The molecule has 1 aromatic heterocycles. The van der Waals surface area contributed by atoms with Gasteiger partial charge in [0.25, 0.3) is 0 Å². The third kappa shape index (κ3) is 1.97. The Kier molecular flexibility index (Phi) is 2.64. The van der Waals surface area contributed by atoms with Crippen molar-refractivity contribution in [3.05, 3.63) is 28.4 Å². The van der Waals surface area contributed by atoms with Crippen molar-refractivity contribution < 1.29 is 9.53 Å². The predicted molar refractivity (Wildman–Crippen MR) is 52.4 cm³/mol. The lowest BCUT2D eigenvalue weighted by Gasteiger charge is -2.13. The second-order valence-corrected chi connectivity index (χ2v) is 3.60. The van der Waals surface area contributed by atoms with Crippen LogP contribution in [0, 0.1) is 6.92 Å². The van der Waals surface area contributed by atoms with Gasteiger partial charge in [0.2, 0.25) is 0 Å². The molecule has 5 nitrogen and oxygen atoms in total. The summed E-state index contributed by atoms with van der Waals surface area (Å²) < 4.78 is 6.80. The zero-order valence-electron chi connectivity index (χ0n) is 8.42. The highest BCUT2D eigenvalue weighted by Crippen LogP contribution is 2.25. The number of ether oxygens (including phenoxy) is 1. The molecule has 5 heteroatoms. The third-order valence-electron chi connectivity index (χ3n) is 2.46. The highest BCUT2D eigenvalue weighted by atomic mass is 16.5. The number of aromatic nitrogens is 2. The summed E-state index contributed by atoms with van der Waals surface area (Å²) in [5.41, 5.74) is 0.354. The van der Waals surface area contributed by atoms with Crippen LogP contribution in [-0.2, 0) is 9.53 Å². The molecule has 1 fully saturated rings. The highest BCUT2D eigenvalue weighted by Gasteiger charge is 2.26. The van der Waals surface area contributed by atoms with Gasteiger partial charge in [-0.15, -0.1) is 0 Å². The molecule has 0 saturated carbocycles. The minimum atomic E-state index is -0.386. The highest BCUT2D eigenvalue weighted by molar-refractivity contribution is 5.56. The van der Waals surface area contributed by atoms with Crippen molar-refractivity contribution in [3.8, 4) is 0 Å². The van der Waals surface area contributed by atoms with Crippen molar-refractivity contribution in [1.29, 1.82) is 0 Å². The smallest absolute Gasteiger partial charge is 0.347 e. The quantitative estimate of drug-likeness (QED) is 0.661. The van der Waals surface area contributed by atoms with Crippen LogP contribution >= 0.6 is 0 Å². The van der Waals surface area contributed by atoms with E-state index in [1.54, 1.807) is 19.2 Å². The standard InChI is InChI=1S/C10H12N2O3/c1-7-4-5-12(10(14)11-7)9-3-2-8(6-13)15-9/h4-6,8-9H,2-3H2,1H3. The van der Waals surface area contributed by atoms with Crippen LogP contribution in [0.5, 0.6) is 0 Å². The lowest BCUT2D eigenvalue weighted by molar-refractivity contribution is -0.119. The Morgan fingerprint density at radius 3 is 3.00 bits per heavy atom. The predicted octanol–water partition coefficient (Wildman–Crippen LogP) is 0.428. The molecule has 0 spiro atoms. The molecular formula is C10H12N2O3. The Morgan fingerprint density at radius 2 is 2.40 bits per heavy atom. The first-order chi connectivity index (χ1) is 7.20. The van der Waals surface area contributed by atoms with Crippen LogP contribution in [0.1, 0.15) is 24.8 Å². The van der Waals surface area contributed by atoms with Gasteiger partial charge in [-0.25, -0.2) is 4.79 Å². The minimum Gasteiger partial charge on any atom is -0.347 e. The first kappa shape index (κ1) is 10.0. The van der Waals surface area contributed by atoms with Gasteiger partial charge in [-0.1, -0.05) is 0 Å². The largest absolute Gasteiger partial charge is 0.349 e. The SMILES string of the molecule is Cc1ccn(C2CCC(C=O)O2)c(=O)n1. The van der Waals surface area contributed by atoms with Gasteiger partial charge in [-0.05, 0) is 25.8 Å². The van der Waals surface area contributed by atoms with E-state index in [4.69, 9.17) is 4.74 Å². The first-order valence-electron chi connectivity index (χ1n) is 4.87. The fourth-order valence-electron chi connectivity index (χ4n) is 1.67. The summed E-state index contributed by atoms with van der Waals surface area (Å²) in [6.07, 6.45) is 3.03. The maximum absolute atomic E-state index is 11.5. The minimum absolute atomic E-state index is 0.327. The van der Waals surface area contributed by atoms with Gasteiger partial charge in [-0.3, -0.25) is 4.57 Å². The molecular weight excluding hydrogens is 196 g/mol. The maximum atomic E-state index is 11.5.